The van der Waals surface area contributed by atoms with Gasteiger partial charge in [0.05, 0.1) is 8.95 Å². The molecule has 17 heavy (non-hydrogen) atoms. The molecule has 0 aliphatic heterocycles. The molecular formula is C11H8Br3FO2. The lowest BCUT2D eigenvalue weighted by Crippen LogP contribution is -2.09. The molecule has 92 valence electrons. The normalized spacial score (nSPS) is 10.2. The van der Waals surface area contributed by atoms with E-state index < -0.39 is 11.8 Å². The molecule has 0 atom stereocenters. The molecule has 0 saturated carbocycles. The molecular weight excluding hydrogens is 423 g/mol. The first-order valence-electron chi connectivity index (χ1n) is 4.47. The number of hydrogen-bond acceptors (Lipinski definition) is 2. The first-order valence-corrected chi connectivity index (χ1v) is 6.85. The van der Waals surface area contributed by atoms with Crippen LogP contribution in [0.2, 0.25) is 0 Å². The van der Waals surface area contributed by atoms with Gasteiger partial charge in [-0.15, -0.1) is 0 Å². The van der Waals surface area contributed by atoms with Crippen molar-refractivity contribution in [1.82, 2.24) is 0 Å². The highest BCUT2D eigenvalue weighted by Crippen LogP contribution is 2.43. The molecule has 0 aliphatic rings. The summed E-state index contributed by atoms with van der Waals surface area (Å²) in [4.78, 5) is 11.2. The van der Waals surface area contributed by atoms with Gasteiger partial charge in [0, 0.05) is 4.47 Å². The number of carbonyl (C=O) groups excluding carboxylic acids is 1. The van der Waals surface area contributed by atoms with E-state index in [0.717, 1.165) is 15.6 Å². The standard InChI is InChI=1S/C11H8Br3FO2/c1-4-7(12)5(2)9(14)10(8(4)13)17-11(16)6(3)15/h3H2,1-2H3. The second-order valence-electron chi connectivity index (χ2n) is 3.32. The molecule has 1 rings (SSSR count). The van der Waals surface area contributed by atoms with Crippen molar-refractivity contribution in [3.63, 3.8) is 0 Å². The highest BCUT2D eigenvalue weighted by molar-refractivity contribution is 9.11. The summed E-state index contributed by atoms with van der Waals surface area (Å²) in [5, 5.41) is 0. The largest absolute Gasteiger partial charge is 0.419 e. The minimum atomic E-state index is -1.14. The highest BCUT2D eigenvalue weighted by atomic mass is 79.9. The summed E-state index contributed by atoms with van der Waals surface area (Å²) < 4.78 is 19.6. The van der Waals surface area contributed by atoms with E-state index in [0.29, 0.717) is 8.95 Å². The molecule has 0 N–H and O–H groups in total. The summed E-state index contributed by atoms with van der Waals surface area (Å²) >= 11 is 10.0. The minimum absolute atomic E-state index is 0.243. The Kier molecular flexibility index (Phi) is 4.92. The molecule has 0 heterocycles. The van der Waals surface area contributed by atoms with Gasteiger partial charge in [0.15, 0.2) is 5.75 Å². The summed E-state index contributed by atoms with van der Waals surface area (Å²) in [6.07, 6.45) is 0. The number of halogens is 4. The van der Waals surface area contributed by atoms with Gasteiger partial charge in [-0.05, 0) is 56.8 Å². The zero-order valence-corrected chi connectivity index (χ0v) is 13.8. The van der Waals surface area contributed by atoms with E-state index in [9.17, 15) is 9.18 Å². The van der Waals surface area contributed by atoms with E-state index >= 15 is 0 Å². The molecule has 0 unspecified atom stereocenters. The summed E-state index contributed by atoms with van der Waals surface area (Å²) in [7, 11) is 0. The molecule has 0 radical (unpaired) electrons. The van der Waals surface area contributed by atoms with Crippen LogP contribution >= 0.6 is 47.8 Å². The molecule has 0 spiro atoms. The van der Waals surface area contributed by atoms with Crippen LogP contribution in [0.3, 0.4) is 0 Å². The average molecular weight is 431 g/mol. The van der Waals surface area contributed by atoms with Gasteiger partial charge in [-0.1, -0.05) is 22.5 Å². The maximum Gasteiger partial charge on any atom is 0.372 e. The van der Waals surface area contributed by atoms with E-state index in [1.165, 1.54) is 0 Å². The van der Waals surface area contributed by atoms with Gasteiger partial charge in [0.2, 0.25) is 5.83 Å². The molecule has 2 nitrogen and oxygen atoms in total. The zero-order valence-electron chi connectivity index (χ0n) is 9.04. The van der Waals surface area contributed by atoms with E-state index in [-0.39, 0.29) is 5.75 Å². The number of benzene rings is 1. The highest BCUT2D eigenvalue weighted by Gasteiger charge is 2.20. The summed E-state index contributed by atoms with van der Waals surface area (Å²) in [6, 6.07) is 0. The fourth-order valence-corrected chi connectivity index (χ4v) is 3.30. The van der Waals surface area contributed by atoms with Crippen molar-refractivity contribution < 1.29 is 13.9 Å². The monoisotopic (exact) mass is 428 g/mol. The Morgan fingerprint density at radius 1 is 1.12 bits per heavy atom. The maximum atomic E-state index is 12.6. The van der Waals surface area contributed by atoms with E-state index in [1.54, 1.807) is 0 Å². The van der Waals surface area contributed by atoms with Crippen LogP contribution in [0.4, 0.5) is 4.39 Å². The third kappa shape index (κ3) is 2.98. The Morgan fingerprint density at radius 2 is 1.53 bits per heavy atom. The number of carbonyl (C=O) groups is 1. The van der Waals surface area contributed by atoms with Crippen LogP contribution in [0.5, 0.6) is 5.75 Å². The molecule has 1 aromatic rings. The van der Waals surface area contributed by atoms with Crippen molar-refractivity contribution in [1.29, 1.82) is 0 Å². The predicted octanol–water partition coefficient (Wildman–Crippen LogP) is 4.98. The number of esters is 1. The van der Waals surface area contributed by atoms with Crippen molar-refractivity contribution in [2.24, 2.45) is 0 Å². The Labute approximate surface area is 124 Å². The van der Waals surface area contributed by atoms with Crippen molar-refractivity contribution in [3.05, 3.63) is 37.0 Å². The number of ether oxygens (including phenoxy) is 1. The van der Waals surface area contributed by atoms with Crippen LogP contribution < -0.4 is 4.74 Å². The fourth-order valence-electron chi connectivity index (χ4n) is 1.15. The average Bonchev–Trinajstić information content (AvgIpc) is 2.29. The second kappa shape index (κ2) is 5.63. The van der Waals surface area contributed by atoms with Gasteiger partial charge in [0.25, 0.3) is 0 Å². The van der Waals surface area contributed by atoms with Gasteiger partial charge in [-0.2, -0.15) is 4.39 Å². The lowest BCUT2D eigenvalue weighted by atomic mass is 10.1. The van der Waals surface area contributed by atoms with Crippen molar-refractivity contribution in [2.75, 3.05) is 0 Å². The first-order chi connectivity index (χ1) is 7.77. The van der Waals surface area contributed by atoms with Crippen molar-refractivity contribution >= 4 is 53.8 Å². The van der Waals surface area contributed by atoms with E-state index in [1.807, 2.05) is 13.8 Å². The van der Waals surface area contributed by atoms with Crippen LogP contribution in [0.1, 0.15) is 11.1 Å². The maximum absolute atomic E-state index is 12.6. The third-order valence-corrected chi connectivity index (χ3v) is 5.23. The summed E-state index contributed by atoms with van der Waals surface area (Å²) in [5.74, 6) is -2.00. The quantitative estimate of drug-likeness (QED) is 0.376. The molecule has 1 aromatic carbocycles. The van der Waals surface area contributed by atoms with E-state index in [4.69, 9.17) is 4.74 Å². The second-order valence-corrected chi connectivity index (χ2v) is 5.69. The Morgan fingerprint density at radius 3 is 1.88 bits per heavy atom. The van der Waals surface area contributed by atoms with Gasteiger partial charge in [0.1, 0.15) is 0 Å². The SMILES string of the molecule is C=C(F)C(=O)Oc1c(Br)c(C)c(Br)c(C)c1Br. The number of rotatable bonds is 2. The summed E-state index contributed by atoms with van der Waals surface area (Å²) in [6.45, 7) is 6.58. The van der Waals surface area contributed by atoms with Gasteiger partial charge >= 0.3 is 5.97 Å². The Balaban J connectivity index is 3.35. The van der Waals surface area contributed by atoms with Gasteiger partial charge in [-0.25, -0.2) is 4.79 Å². The number of hydrogen-bond donors (Lipinski definition) is 0. The lowest BCUT2D eigenvalue weighted by molar-refractivity contribution is -0.131. The van der Waals surface area contributed by atoms with E-state index in [2.05, 4.69) is 54.4 Å². The molecule has 0 aromatic heterocycles. The van der Waals surface area contributed by atoms with Crippen LogP contribution in [-0.2, 0) is 4.79 Å². The smallest absolute Gasteiger partial charge is 0.372 e. The van der Waals surface area contributed by atoms with Crippen LogP contribution in [-0.4, -0.2) is 5.97 Å². The predicted molar refractivity (Wildman–Crippen MR) is 74.9 cm³/mol. The third-order valence-electron chi connectivity index (χ3n) is 2.13. The Bertz CT molecular complexity index is 483. The van der Waals surface area contributed by atoms with Crippen LogP contribution in [0.25, 0.3) is 0 Å². The zero-order chi connectivity index (χ0) is 13.3. The van der Waals surface area contributed by atoms with Crippen LogP contribution in [0, 0.1) is 13.8 Å². The molecule has 6 heteroatoms. The first kappa shape index (κ1) is 14.9. The van der Waals surface area contributed by atoms with Gasteiger partial charge in [-0.3, -0.25) is 0 Å². The van der Waals surface area contributed by atoms with Crippen molar-refractivity contribution in [2.45, 2.75) is 13.8 Å². The van der Waals surface area contributed by atoms with Gasteiger partial charge < -0.3 is 4.74 Å². The molecule has 0 amide bonds. The Hall–Kier alpha value is -0.200. The summed E-state index contributed by atoms with van der Waals surface area (Å²) in [5.41, 5.74) is 1.72. The van der Waals surface area contributed by atoms with Crippen molar-refractivity contribution in [3.8, 4) is 5.75 Å². The van der Waals surface area contributed by atoms with Crippen LogP contribution in [0.15, 0.2) is 25.8 Å². The topological polar surface area (TPSA) is 26.3 Å². The molecule has 0 saturated heterocycles. The molecule has 0 aliphatic carbocycles. The molecule has 0 fully saturated rings. The molecule has 0 bridgehead atoms. The fraction of sp³-hybridized carbons (Fsp3) is 0.182. The minimum Gasteiger partial charge on any atom is -0.419 e. The lowest BCUT2D eigenvalue weighted by Gasteiger charge is -2.14.